The molecular weight excluding hydrogens is 561 g/mol. The van der Waals surface area contributed by atoms with Gasteiger partial charge in [0, 0.05) is 38.0 Å². The number of hydrogen-bond acceptors (Lipinski definition) is 9. The fourth-order valence-electron chi connectivity index (χ4n) is 5.31. The zero-order chi connectivity index (χ0) is 28.8. The van der Waals surface area contributed by atoms with Gasteiger partial charge in [-0.1, -0.05) is 18.2 Å². The maximum atomic E-state index is 15.3. The summed E-state index contributed by atoms with van der Waals surface area (Å²) in [7, 11) is 0. The van der Waals surface area contributed by atoms with Crippen molar-refractivity contribution in [3.05, 3.63) is 78.7 Å². The van der Waals surface area contributed by atoms with Gasteiger partial charge in [-0.15, -0.1) is 0 Å². The van der Waals surface area contributed by atoms with E-state index in [9.17, 15) is 4.79 Å². The highest BCUT2D eigenvalue weighted by Crippen LogP contribution is 2.38. The number of hydrogen-bond donors (Lipinski definition) is 1. The molecule has 1 amide bonds. The van der Waals surface area contributed by atoms with E-state index in [1.807, 2.05) is 17.0 Å². The molecule has 5 heterocycles. The molecule has 5 aromatic rings. The second-order valence-corrected chi connectivity index (χ2v) is 10.7. The standard InChI is InChI=1S/C29H25ClFN9O2/c1-2-27(41)39-10-9-38(14-23(39)17-3-4-17)25-6-5-21-28(37-25)29(34-15-32-21)36-22-12-19(30)24(13-20(22)31)42-18-7-8-40-26(11-18)33-16-35-40/h2,5-8,11-13,15-17,23H,1,3-4,9-10,14H2,(H,32,34,36). The van der Waals surface area contributed by atoms with Gasteiger partial charge in [0.05, 0.1) is 22.3 Å². The summed E-state index contributed by atoms with van der Waals surface area (Å²) < 4.78 is 22.7. The van der Waals surface area contributed by atoms with Gasteiger partial charge in [0.15, 0.2) is 11.5 Å². The Morgan fingerprint density at radius 2 is 2.00 bits per heavy atom. The van der Waals surface area contributed by atoms with Gasteiger partial charge in [-0.2, -0.15) is 5.10 Å². The molecule has 4 aromatic heterocycles. The first kappa shape index (κ1) is 26.1. The van der Waals surface area contributed by atoms with Crippen LogP contribution in [0, 0.1) is 11.7 Å². The molecule has 0 bridgehead atoms. The molecule has 1 aliphatic heterocycles. The number of anilines is 3. The van der Waals surface area contributed by atoms with Gasteiger partial charge in [-0.3, -0.25) is 4.79 Å². The van der Waals surface area contributed by atoms with Crippen LogP contribution < -0.4 is 15.0 Å². The first-order chi connectivity index (χ1) is 20.5. The van der Waals surface area contributed by atoms with Crippen molar-refractivity contribution < 1.29 is 13.9 Å². The van der Waals surface area contributed by atoms with Crippen LogP contribution in [0.15, 0.2) is 67.9 Å². The third kappa shape index (κ3) is 4.94. The number of ether oxygens (including phenoxy) is 1. The largest absolute Gasteiger partial charge is 0.455 e. The third-order valence-electron chi connectivity index (χ3n) is 7.59. The van der Waals surface area contributed by atoms with Crippen LogP contribution in [0.5, 0.6) is 11.5 Å². The van der Waals surface area contributed by atoms with Gasteiger partial charge in [0.1, 0.15) is 41.3 Å². The number of piperazine rings is 1. The van der Waals surface area contributed by atoms with Crippen LogP contribution in [0.25, 0.3) is 16.7 Å². The lowest BCUT2D eigenvalue weighted by Crippen LogP contribution is -2.56. The molecule has 7 rings (SSSR count). The summed E-state index contributed by atoms with van der Waals surface area (Å²) in [5.41, 5.74) is 1.78. The SMILES string of the molecule is C=CC(=O)N1CCN(c2ccc3ncnc(Nc4cc(Cl)c(Oc5ccn6ncnc6c5)cc4F)c3n2)CC1C1CC1. The second-order valence-electron chi connectivity index (χ2n) is 10.3. The summed E-state index contributed by atoms with van der Waals surface area (Å²) >= 11 is 6.49. The van der Waals surface area contributed by atoms with Crippen molar-refractivity contribution in [2.45, 2.75) is 18.9 Å². The molecule has 2 aliphatic rings. The Morgan fingerprint density at radius 1 is 1.12 bits per heavy atom. The maximum absolute atomic E-state index is 15.3. The molecule has 1 saturated heterocycles. The minimum Gasteiger partial charge on any atom is -0.455 e. The van der Waals surface area contributed by atoms with E-state index < -0.39 is 5.82 Å². The summed E-state index contributed by atoms with van der Waals surface area (Å²) in [6.45, 7) is 5.56. The Bertz CT molecular complexity index is 1840. The van der Waals surface area contributed by atoms with Crippen molar-refractivity contribution in [3.63, 3.8) is 0 Å². The van der Waals surface area contributed by atoms with Crippen LogP contribution >= 0.6 is 11.6 Å². The average Bonchev–Trinajstić information content (AvgIpc) is 3.76. The first-order valence-electron chi connectivity index (χ1n) is 13.5. The van der Waals surface area contributed by atoms with Crippen molar-refractivity contribution in [1.82, 2.24) is 34.4 Å². The molecular formula is C29H25ClFN9O2. The summed E-state index contributed by atoms with van der Waals surface area (Å²) in [6, 6.07) is 9.90. The zero-order valence-corrected chi connectivity index (χ0v) is 23.1. The number of nitrogens with zero attached hydrogens (tertiary/aromatic N) is 8. The number of pyridine rings is 2. The number of nitrogens with one attached hydrogen (secondary N) is 1. The fraction of sp³-hybridized carbons (Fsp3) is 0.241. The predicted molar refractivity (Wildman–Crippen MR) is 156 cm³/mol. The van der Waals surface area contributed by atoms with Crippen LogP contribution in [0.1, 0.15) is 12.8 Å². The molecule has 1 saturated carbocycles. The number of fused-ring (bicyclic) bond motifs is 2. The van der Waals surface area contributed by atoms with Crippen molar-refractivity contribution in [2.24, 2.45) is 5.92 Å². The van der Waals surface area contributed by atoms with E-state index in [-0.39, 0.29) is 28.4 Å². The van der Waals surface area contributed by atoms with Crippen molar-refractivity contribution in [3.8, 4) is 11.5 Å². The molecule has 2 fully saturated rings. The van der Waals surface area contributed by atoms with E-state index in [2.05, 4.69) is 36.8 Å². The quantitative estimate of drug-likeness (QED) is 0.263. The number of carbonyl (C=O) groups excluding carboxylic acids is 1. The Kier molecular flexibility index (Phi) is 6.54. The van der Waals surface area contributed by atoms with Gasteiger partial charge in [0.25, 0.3) is 0 Å². The minimum absolute atomic E-state index is 0.0357. The zero-order valence-electron chi connectivity index (χ0n) is 22.3. The normalized spacial score (nSPS) is 17.0. The van der Waals surface area contributed by atoms with Crippen LogP contribution in [-0.2, 0) is 4.79 Å². The summed E-state index contributed by atoms with van der Waals surface area (Å²) in [4.78, 5) is 34.2. The van der Waals surface area contributed by atoms with Crippen molar-refractivity contribution in [2.75, 3.05) is 29.9 Å². The van der Waals surface area contributed by atoms with E-state index in [0.29, 0.717) is 53.8 Å². The molecule has 0 radical (unpaired) electrons. The maximum Gasteiger partial charge on any atom is 0.246 e. The first-order valence-corrected chi connectivity index (χ1v) is 13.9. The fourth-order valence-corrected chi connectivity index (χ4v) is 5.51. The van der Waals surface area contributed by atoms with Gasteiger partial charge >= 0.3 is 0 Å². The minimum atomic E-state index is -0.587. The lowest BCUT2D eigenvalue weighted by atomic mass is 10.1. The highest BCUT2D eigenvalue weighted by molar-refractivity contribution is 6.32. The van der Waals surface area contributed by atoms with E-state index in [1.54, 1.807) is 22.8 Å². The summed E-state index contributed by atoms with van der Waals surface area (Å²) in [6.07, 6.45) is 8.12. The average molecular weight is 586 g/mol. The molecule has 1 N–H and O–H groups in total. The van der Waals surface area contributed by atoms with Gasteiger partial charge in [-0.05, 0) is 49.1 Å². The topological polar surface area (TPSA) is 114 Å². The second kappa shape index (κ2) is 10.5. The molecule has 42 heavy (non-hydrogen) atoms. The monoisotopic (exact) mass is 585 g/mol. The summed E-state index contributed by atoms with van der Waals surface area (Å²) in [5.74, 6) is 1.53. The number of halogens is 2. The van der Waals surface area contributed by atoms with Crippen LogP contribution in [0.4, 0.5) is 21.7 Å². The Morgan fingerprint density at radius 3 is 2.83 bits per heavy atom. The number of rotatable bonds is 7. The Hall–Kier alpha value is -4.84. The van der Waals surface area contributed by atoms with E-state index in [0.717, 1.165) is 18.7 Å². The predicted octanol–water partition coefficient (Wildman–Crippen LogP) is 5.01. The molecule has 1 atom stereocenters. The lowest BCUT2D eigenvalue weighted by Gasteiger charge is -2.42. The molecule has 212 valence electrons. The Balaban J connectivity index is 1.14. The highest BCUT2D eigenvalue weighted by Gasteiger charge is 2.40. The number of amides is 1. The molecule has 11 nitrogen and oxygen atoms in total. The smallest absolute Gasteiger partial charge is 0.246 e. The van der Waals surface area contributed by atoms with Crippen LogP contribution in [0.3, 0.4) is 0 Å². The van der Waals surface area contributed by atoms with E-state index >= 15 is 4.39 Å². The van der Waals surface area contributed by atoms with E-state index in [1.165, 1.54) is 30.9 Å². The van der Waals surface area contributed by atoms with Gasteiger partial charge in [-0.25, -0.2) is 28.8 Å². The van der Waals surface area contributed by atoms with Gasteiger partial charge < -0.3 is 19.9 Å². The van der Waals surface area contributed by atoms with Crippen molar-refractivity contribution >= 4 is 51.5 Å². The number of carbonyl (C=O) groups is 1. The number of aromatic nitrogens is 6. The van der Waals surface area contributed by atoms with Crippen molar-refractivity contribution in [1.29, 1.82) is 0 Å². The molecule has 13 heteroatoms. The Labute approximate surface area is 244 Å². The van der Waals surface area contributed by atoms with Gasteiger partial charge in [0.2, 0.25) is 5.91 Å². The third-order valence-corrected chi connectivity index (χ3v) is 7.88. The summed E-state index contributed by atoms with van der Waals surface area (Å²) in [5, 5.41) is 7.28. The van der Waals surface area contributed by atoms with E-state index in [4.69, 9.17) is 21.3 Å². The molecule has 1 aromatic carbocycles. The lowest BCUT2D eigenvalue weighted by molar-refractivity contribution is -0.129. The highest BCUT2D eigenvalue weighted by atomic mass is 35.5. The van der Waals surface area contributed by atoms with Crippen LogP contribution in [0.2, 0.25) is 5.02 Å². The molecule has 0 spiro atoms. The number of benzene rings is 1. The van der Waals surface area contributed by atoms with Crippen LogP contribution in [-0.4, -0.2) is 66.0 Å². The molecule has 1 unspecified atom stereocenters. The molecule has 1 aliphatic carbocycles.